The molecule has 23 heavy (non-hydrogen) atoms. The summed E-state index contributed by atoms with van der Waals surface area (Å²) in [5.41, 5.74) is 9.00. The van der Waals surface area contributed by atoms with Crippen molar-refractivity contribution in [2.24, 2.45) is 0 Å². The average Bonchev–Trinajstić information content (AvgIpc) is 3.07. The largest absolute Gasteiger partial charge is 1.00 e. The summed E-state index contributed by atoms with van der Waals surface area (Å²) in [5.74, 6) is 0. The van der Waals surface area contributed by atoms with Crippen LogP contribution in [0.4, 0.5) is 0 Å². The molecule has 0 nitrogen and oxygen atoms in total. The second-order valence-electron chi connectivity index (χ2n) is 6.00. The van der Waals surface area contributed by atoms with E-state index in [4.69, 9.17) is 0 Å². The maximum absolute atomic E-state index is 2.47. The molecular weight excluding hydrogens is 490 g/mol. The van der Waals surface area contributed by atoms with Gasteiger partial charge >= 0.3 is 138 Å². The van der Waals surface area contributed by atoms with Gasteiger partial charge in [-0.3, -0.25) is 0 Å². The number of aryl methyl sites for hydroxylation is 2. The zero-order valence-electron chi connectivity index (χ0n) is 13.2. The minimum atomic E-state index is -0.834. The molecule has 0 aromatic heterocycles. The zero-order valence-corrected chi connectivity index (χ0v) is 18.3. The first-order chi connectivity index (χ1) is 10.2. The van der Waals surface area contributed by atoms with Crippen molar-refractivity contribution in [3.8, 4) is 0 Å². The molecule has 2 aromatic rings. The topological polar surface area (TPSA) is 0 Å². The Balaban J connectivity index is 0.000000960. The van der Waals surface area contributed by atoms with Crippen molar-refractivity contribution in [1.82, 2.24) is 0 Å². The van der Waals surface area contributed by atoms with Crippen molar-refractivity contribution in [2.75, 3.05) is 0 Å². The van der Waals surface area contributed by atoms with Crippen LogP contribution in [-0.4, -0.2) is 0 Å². The number of fused-ring (bicyclic) bond motifs is 2. The van der Waals surface area contributed by atoms with Crippen LogP contribution < -0.4 is 24.8 Å². The Morgan fingerprint density at radius 1 is 0.696 bits per heavy atom. The smallest absolute Gasteiger partial charge is 1.00 e. The van der Waals surface area contributed by atoms with Gasteiger partial charge in [0.05, 0.1) is 0 Å². The maximum Gasteiger partial charge on any atom is -1.00 e. The number of rotatable bonds is 2. The molecule has 4 rings (SSSR count). The number of allylic oxidation sites excluding steroid dienone is 2. The van der Waals surface area contributed by atoms with Crippen LogP contribution in [0.3, 0.4) is 0 Å². The molecule has 2 aromatic carbocycles. The van der Waals surface area contributed by atoms with Gasteiger partial charge in [-0.1, -0.05) is 0 Å². The summed E-state index contributed by atoms with van der Waals surface area (Å²) >= 11 is -0.834. The van der Waals surface area contributed by atoms with Crippen molar-refractivity contribution in [1.29, 1.82) is 0 Å². The number of benzene rings is 2. The normalized spacial score (nSPS) is 19.4. The second-order valence-corrected chi connectivity index (χ2v) is 11.7. The van der Waals surface area contributed by atoms with Crippen LogP contribution >= 0.6 is 0 Å². The van der Waals surface area contributed by atoms with E-state index < -0.39 is 22.9 Å². The Bertz CT molecular complexity index is 712. The van der Waals surface area contributed by atoms with E-state index in [1.807, 2.05) is 0 Å². The molecule has 2 aliphatic carbocycles. The molecule has 0 radical (unpaired) electrons. The minimum absolute atomic E-state index is 0. The van der Waals surface area contributed by atoms with Crippen molar-refractivity contribution in [2.45, 2.75) is 21.2 Å². The molecule has 0 spiro atoms. The third-order valence-electron chi connectivity index (χ3n) is 4.66. The van der Waals surface area contributed by atoms with Crippen LogP contribution in [0.15, 0.2) is 48.6 Å². The maximum atomic E-state index is 2.47. The van der Waals surface area contributed by atoms with E-state index in [1.165, 1.54) is 22.3 Å². The predicted octanol–water partition coefficient (Wildman–Crippen LogP) is -0.770. The van der Waals surface area contributed by atoms with Gasteiger partial charge in [0.25, 0.3) is 0 Å². The van der Waals surface area contributed by atoms with Gasteiger partial charge in [-0.2, -0.15) is 0 Å². The molecule has 2 unspecified atom stereocenters. The van der Waals surface area contributed by atoms with Crippen molar-refractivity contribution in [3.63, 3.8) is 0 Å². The molecule has 0 saturated heterocycles. The summed E-state index contributed by atoms with van der Waals surface area (Å²) in [6.45, 7) is 4.46. The predicted molar refractivity (Wildman–Crippen MR) is 85.9 cm³/mol. The van der Waals surface area contributed by atoms with Gasteiger partial charge in [0, 0.05) is 0 Å². The van der Waals surface area contributed by atoms with Crippen LogP contribution in [-0.2, 0) is 22.9 Å². The first-order valence-corrected chi connectivity index (χ1v) is 11.7. The molecule has 0 heterocycles. The van der Waals surface area contributed by atoms with Crippen LogP contribution in [0, 0.1) is 13.8 Å². The minimum Gasteiger partial charge on any atom is -1.00 e. The van der Waals surface area contributed by atoms with Crippen molar-refractivity contribution < 1.29 is 47.7 Å². The molecule has 2 aliphatic rings. The summed E-state index contributed by atoms with van der Waals surface area (Å²) in [6, 6.07) is 13.6. The Kier molecular flexibility index (Phi) is 6.10. The summed E-state index contributed by atoms with van der Waals surface area (Å²) in [5, 5.41) is 0. The van der Waals surface area contributed by atoms with E-state index >= 15 is 0 Å². The van der Waals surface area contributed by atoms with Gasteiger partial charge in [0.2, 0.25) is 0 Å². The zero-order chi connectivity index (χ0) is 14.4. The summed E-state index contributed by atoms with van der Waals surface area (Å²) in [7, 11) is 0. The fourth-order valence-electron chi connectivity index (χ4n) is 3.48. The third-order valence-corrected chi connectivity index (χ3v) is 10.9. The van der Waals surface area contributed by atoms with Gasteiger partial charge in [0.15, 0.2) is 0 Å². The monoisotopic (exact) mass is 508 g/mol. The van der Waals surface area contributed by atoms with Gasteiger partial charge in [-0.05, 0) is 0 Å². The number of hydrogen-bond acceptors (Lipinski definition) is 0. The van der Waals surface area contributed by atoms with Gasteiger partial charge in [0.1, 0.15) is 0 Å². The Hall–Kier alpha value is -0.630. The fourth-order valence-corrected chi connectivity index (χ4v) is 9.46. The van der Waals surface area contributed by atoms with E-state index in [2.05, 4.69) is 74.5 Å². The molecule has 0 amide bonds. The molecule has 0 saturated carbocycles. The molecule has 0 fully saturated rings. The van der Waals surface area contributed by atoms with Crippen molar-refractivity contribution in [3.05, 3.63) is 81.9 Å². The second kappa shape index (κ2) is 7.51. The SMILES string of the molecule is Cc1cccc2c1C=C[CH]2[Hf+2][CH]1C=Cc2c(C)cccc21.[Cl-].[Cl-]. The first kappa shape index (κ1) is 18.7. The molecule has 0 bridgehead atoms. The third kappa shape index (κ3) is 3.29. The van der Waals surface area contributed by atoms with Crippen LogP contribution in [0.1, 0.15) is 40.7 Å². The molecule has 2 atom stereocenters. The quantitative estimate of drug-likeness (QED) is 0.469. The summed E-state index contributed by atoms with van der Waals surface area (Å²) in [4.78, 5) is 0. The number of hydrogen-bond donors (Lipinski definition) is 0. The Morgan fingerprint density at radius 3 is 1.57 bits per heavy atom. The first-order valence-electron chi connectivity index (χ1n) is 7.55. The molecule has 0 aliphatic heterocycles. The van der Waals surface area contributed by atoms with E-state index in [0.717, 1.165) is 7.35 Å². The van der Waals surface area contributed by atoms with Crippen LogP contribution in [0.25, 0.3) is 12.2 Å². The van der Waals surface area contributed by atoms with E-state index in [0.29, 0.717) is 0 Å². The summed E-state index contributed by atoms with van der Waals surface area (Å²) < 4.78 is 1.50. The average molecular weight is 508 g/mol. The van der Waals surface area contributed by atoms with Gasteiger partial charge in [-0.15, -0.1) is 0 Å². The molecule has 0 N–H and O–H groups in total. The van der Waals surface area contributed by atoms with E-state index in [9.17, 15) is 0 Å². The number of halogens is 2. The van der Waals surface area contributed by atoms with E-state index in [-0.39, 0.29) is 24.8 Å². The molecule has 116 valence electrons. The van der Waals surface area contributed by atoms with Gasteiger partial charge in [-0.25, -0.2) is 0 Å². The Morgan fingerprint density at radius 2 is 1.13 bits per heavy atom. The van der Waals surface area contributed by atoms with Crippen LogP contribution in [0.2, 0.25) is 0 Å². The van der Waals surface area contributed by atoms with Gasteiger partial charge < -0.3 is 24.8 Å². The summed E-state index contributed by atoms with van der Waals surface area (Å²) in [6.07, 6.45) is 9.67. The van der Waals surface area contributed by atoms with Crippen LogP contribution in [0.5, 0.6) is 0 Å². The molecular formula is C20H18Cl2Hf. The van der Waals surface area contributed by atoms with E-state index in [1.54, 1.807) is 11.1 Å². The molecule has 3 heteroatoms. The standard InChI is InChI=1S/2C10H9.2ClH.Hf/c2*1-8-4-2-5-9-6-3-7-10(8)9;;;/h2*2-7H,1H3;2*1H;/q;;;;+2/p-2. The Labute approximate surface area is 162 Å². The van der Waals surface area contributed by atoms with Crippen molar-refractivity contribution >= 4 is 12.2 Å². The fraction of sp³-hybridized carbons (Fsp3) is 0.200.